The Kier molecular flexibility index (Phi) is 3.33. The summed E-state index contributed by atoms with van der Waals surface area (Å²) in [5.74, 6) is 0.902. The minimum Gasteiger partial charge on any atom is -0.494 e. The largest absolute Gasteiger partial charge is 0.494 e. The Bertz CT molecular complexity index is 520. The van der Waals surface area contributed by atoms with Crippen LogP contribution in [0.15, 0.2) is 42.5 Å². The second-order valence-electron chi connectivity index (χ2n) is 4.03. The molecule has 0 saturated heterocycles. The third-order valence-corrected chi connectivity index (χ3v) is 2.75. The quantitative estimate of drug-likeness (QED) is 0.812. The first-order chi connectivity index (χ1) is 8.20. The molecule has 0 bridgehead atoms. The summed E-state index contributed by atoms with van der Waals surface area (Å²) in [5, 5.41) is 0. The molecule has 0 aliphatic heterocycles. The molecule has 2 N–H and O–H groups in total. The molecule has 2 rings (SSSR count). The van der Waals surface area contributed by atoms with Crippen molar-refractivity contribution in [2.45, 2.75) is 13.8 Å². The van der Waals surface area contributed by atoms with Gasteiger partial charge in [0.2, 0.25) is 0 Å². The van der Waals surface area contributed by atoms with E-state index < -0.39 is 0 Å². The molecule has 0 fully saturated rings. The van der Waals surface area contributed by atoms with Crippen molar-refractivity contribution in [1.82, 2.24) is 0 Å². The van der Waals surface area contributed by atoms with Crippen molar-refractivity contribution in [2.75, 3.05) is 12.3 Å². The molecule has 0 atom stereocenters. The van der Waals surface area contributed by atoms with E-state index in [-0.39, 0.29) is 0 Å². The van der Waals surface area contributed by atoms with Gasteiger partial charge in [-0.3, -0.25) is 0 Å². The van der Waals surface area contributed by atoms with Crippen molar-refractivity contribution in [3.05, 3.63) is 48.0 Å². The van der Waals surface area contributed by atoms with Gasteiger partial charge in [-0.25, -0.2) is 0 Å². The maximum Gasteiger partial charge on any atom is 0.119 e. The smallest absolute Gasteiger partial charge is 0.119 e. The summed E-state index contributed by atoms with van der Waals surface area (Å²) >= 11 is 0. The first-order valence-corrected chi connectivity index (χ1v) is 5.80. The first-order valence-electron chi connectivity index (χ1n) is 5.80. The number of aryl methyl sites for hydroxylation is 1. The monoisotopic (exact) mass is 227 g/mol. The summed E-state index contributed by atoms with van der Waals surface area (Å²) in [6.07, 6.45) is 0. The fourth-order valence-corrected chi connectivity index (χ4v) is 1.79. The summed E-state index contributed by atoms with van der Waals surface area (Å²) in [6.45, 7) is 4.69. The lowest BCUT2D eigenvalue weighted by Gasteiger charge is -2.08. The molecule has 0 amide bonds. The summed E-state index contributed by atoms with van der Waals surface area (Å²) in [6, 6.07) is 14.2. The highest BCUT2D eigenvalue weighted by Gasteiger charge is 2.01. The standard InChI is InChI=1S/C15H17NO/c1-3-17-14-6-4-5-12(10-14)13-7-8-15(16)11(2)9-13/h4-10H,3,16H2,1-2H3. The Morgan fingerprint density at radius 2 is 1.82 bits per heavy atom. The lowest BCUT2D eigenvalue weighted by Crippen LogP contribution is -1.92. The molecule has 2 aromatic carbocycles. The van der Waals surface area contributed by atoms with Crippen molar-refractivity contribution < 1.29 is 4.74 Å². The normalized spacial score (nSPS) is 10.2. The second kappa shape index (κ2) is 4.91. The summed E-state index contributed by atoms with van der Waals surface area (Å²) in [7, 11) is 0. The SMILES string of the molecule is CCOc1cccc(-c2ccc(N)c(C)c2)c1. The van der Waals surface area contributed by atoms with E-state index in [1.165, 1.54) is 5.56 Å². The number of rotatable bonds is 3. The zero-order chi connectivity index (χ0) is 12.3. The molecule has 0 spiro atoms. The highest BCUT2D eigenvalue weighted by molar-refractivity contribution is 5.68. The van der Waals surface area contributed by atoms with Gasteiger partial charge in [0.25, 0.3) is 0 Å². The number of hydrogen-bond acceptors (Lipinski definition) is 2. The zero-order valence-electron chi connectivity index (χ0n) is 10.2. The summed E-state index contributed by atoms with van der Waals surface area (Å²) in [4.78, 5) is 0. The maximum absolute atomic E-state index is 5.82. The molecular weight excluding hydrogens is 210 g/mol. The number of ether oxygens (including phenoxy) is 1. The van der Waals surface area contributed by atoms with Gasteiger partial charge in [-0.1, -0.05) is 18.2 Å². The highest BCUT2D eigenvalue weighted by Crippen LogP contribution is 2.26. The average Bonchev–Trinajstić information content (AvgIpc) is 2.33. The van der Waals surface area contributed by atoms with Crippen molar-refractivity contribution in [2.24, 2.45) is 0 Å². The molecule has 0 aromatic heterocycles. The van der Waals surface area contributed by atoms with Crippen LogP contribution in [0, 0.1) is 6.92 Å². The van der Waals surface area contributed by atoms with Crippen molar-refractivity contribution in [3.8, 4) is 16.9 Å². The third kappa shape index (κ3) is 2.59. The third-order valence-electron chi connectivity index (χ3n) is 2.75. The molecule has 2 aromatic rings. The lowest BCUT2D eigenvalue weighted by atomic mass is 10.0. The van der Waals surface area contributed by atoms with Crippen molar-refractivity contribution in [3.63, 3.8) is 0 Å². The Balaban J connectivity index is 2.38. The van der Waals surface area contributed by atoms with E-state index in [2.05, 4.69) is 18.2 Å². The lowest BCUT2D eigenvalue weighted by molar-refractivity contribution is 0.340. The van der Waals surface area contributed by atoms with Crippen LogP contribution in [0.4, 0.5) is 5.69 Å². The summed E-state index contributed by atoms with van der Waals surface area (Å²) < 4.78 is 5.50. The Morgan fingerprint density at radius 3 is 2.53 bits per heavy atom. The predicted molar refractivity (Wildman–Crippen MR) is 72.2 cm³/mol. The topological polar surface area (TPSA) is 35.2 Å². The van der Waals surface area contributed by atoms with E-state index in [1.54, 1.807) is 0 Å². The van der Waals surface area contributed by atoms with Crippen LogP contribution >= 0.6 is 0 Å². The minimum absolute atomic E-state index is 0.685. The summed E-state index contributed by atoms with van der Waals surface area (Å²) in [5.41, 5.74) is 10.1. The molecule has 0 aliphatic carbocycles. The van der Waals surface area contributed by atoms with Gasteiger partial charge < -0.3 is 10.5 Å². The maximum atomic E-state index is 5.82. The van der Waals surface area contributed by atoms with E-state index in [9.17, 15) is 0 Å². The molecule has 0 aliphatic rings. The number of anilines is 1. The fourth-order valence-electron chi connectivity index (χ4n) is 1.79. The van der Waals surface area contributed by atoms with E-state index in [1.807, 2.05) is 38.1 Å². The van der Waals surface area contributed by atoms with Crippen LogP contribution in [-0.2, 0) is 0 Å². The fraction of sp³-hybridized carbons (Fsp3) is 0.200. The van der Waals surface area contributed by atoms with Gasteiger partial charge >= 0.3 is 0 Å². The molecule has 88 valence electrons. The van der Waals surface area contributed by atoms with Gasteiger partial charge in [-0.05, 0) is 54.8 Å². The Morgan fingerprint density at radius 1 is 1.06 bits per heavy atom. The molecule has 2 nitrogen and oxygen atoms in total. The van der Waals surface area contributed by atoms with Crippen LogP contribution in [0.2, 0.25) is 0 Å². The zero-order valence-corrected chi connectivity index (χ0v) is 10.2. The molecule has 17 heavy (non-hydrogen) atoms. The van der Waals surface area contributed by atoms with Crippen LogP contribution in [0.5, 0.6) is 5.75 Å². The van der Waals surface area contributed by atoms with Crippen LogP contribution in [-0.4, -0.2) is 6.61 Å². The van der Waals surface area contributed by atoms with E-state index >= 15 is 0 Å². The Hall–Kier alpha value is -1.96. The molecule has 0 heterocycles. The Labute approximate surface area is 102 Å². The van der Waals surface area contributed by atoms with Crippen LogP contribution in [0.1, 0.15) is 12.5 Å². The van der Waals surface area contributed by atoms with Crippen LogP contribution < -0.4 is 10.5 Å². The number of benzene rings is 2. The van der Waals surface area contributed by atoms with E-state index in [0.29, 0.717) is 6.61 Å². The van der Waals surface area contributed by atoms with Gasteiger partial charge in [0, 0.05) is 5.69 Å². The number of nitrogen functional groups attached to an aromatic ring is 1. The highest BCUT2D eigenvalue weighted by atomic mass is 16.5. The molecule has 2 heteroatoms. The molecule has 0 unspecified atom stereocenters. The van der Waals surface area contributed by atoms with Gasteiger partial charge in [0.05, 0.1) is 6.61 Å². The average molecular weight is 227 g/mol. The molecule has 0 radical (unpaired) electrons. The predicted octanol–water partition coefficient (Wildman–Crippen LogP) is 3.64. The number of nitrogens with two attached hydrogens (primary N) is 1. The van der Waals surface area contributed by atoms with Gasteiger partial charge in [0.1, 0.15) is 5.75 Å². The van der Waals surface area contributed by atoms with Crippen LogP contribution in [0.25, 0.3) is 11.1 Å². The second-order valence-corrected chi connectivity index (χ2v) is 4.03. The van der Waals surface area contributed by atoms with Gasteiger partial charge in [0.15, 0.2) is 0 Å². The van der Waals surface area contributed by atoms with Gasteiger partial charge in [-0.15, -0.1) is 0 Å². The minimum atomic E-state index is 0.685. The van der Waals surface area contributed by atoms with Gasteiger partial charge in [-0.2, -0.15) is 0 Å². The molecule has 0 saturated carbocycles. The van der Waals surface area contributed by atoms with Crippen molar-refractivity contribution in [1.29, 1.82) is 0 Å². The van der Waals surface area contributed by atoms with Crippen molar-refractivity contribution >= 4 is 5.69 Å². The molecular formula is C15H17NO. The number of hydrogen-bond donors (Lipinski definition) is 1. The van der Waals surface area contributed by atoms with E-state index in [0.717, 1.165) is 22.6 Å². The van der Waals surface area contributed by atoms with Crippen LogP contribution in [0.3, 0.4) is 0 Å². The van der Waals surface area contributed by atoms with E-state index in [4.69, 9.17) is 10.5 Å². The first kappa shape index (κ1) is 11.5.